The van der Waals surface area contributed by atoms with E-state index in [9.17, 15) is 9.59 Å². The van der Waals surface area contributed by atoms with E-state index in [4.69, 9.17) is 9.47 Å². The summed E-state index contributed by atoms with van der Waals surface area (Å²) in [6.45, 7) is 0.427. The van der Waals surface area contributed by atoms with E-state index in [-0.39, 0.29) is 24.2 Å². The third kappa shape index (κ3) is 4.24. The maximum atomic E-state index is 12.3. The summed E-state index contributed by atoms with van der Waals surface area (Å²) in [6, 6.07) is 11.2. The van der Waals surface area contributed by atoms with Crippen LogP contribution in [-0.2, 0) is 16.0 Å². The summed E-state index contributed by atoms with van der Waals surface area (Å²) in [5.41, 5.74) is 2.64. The molecule has 2 aromatic rings. The largest absolute Gasteiger partial charge is 0.493 e. The molecule has 27 heavy (non-hydrogen) atoms. The molecule has 7 heteroatoms. The van der Waals surface area contributed by atoms with Crippen molar-refractivity contribution < 1.29 is 19.1 Å². The molecule has 142 valence electrons. The van der Waals surface area contributed by atoms with Crippen LogP contribution in [-0.4, -0.2) is 32.6 Å². The average Bonchev–Trinajstić information content (AvgIpc) is 2.98. The lowest BCUT2D eigenvalue weighted by Gasteiger charge is -2.13. The Hall–Kier alpha value is -2.54. The SMILES string of the molecule is COc1cc(Br)c(CC(=O)NCC[C@@H]2C(=O)Nc3ccccc32)cc1OC. The summed E-state index contributed by atoms with van der Waals surface area (Å²) in [6.07, 6.45) is 0.760. The van der Waals surface area contributed by atoms with E-state index in [2.05, 4.69) is 26.6 Å². The van der Waals surface area contributed by atoms with Crippen LogP contribution in [0.4, 0.5) is 5.69 Å². The van der Waals surface area contributed by atoms with Crippen LogP contribution < -0.4 is 20.1 Å². The summed E-state index contributed by atoms with van der Waals surface area (Å²) in [4.78, 5) is 24.4. The maximum absolute atomic E-state index is 12.3. The first-order valence-electron chi connectivity index (χ1n) is 8.60. The minimum Gasteiger partial charge on any atom is -0.493 e. The molecule has 0 spiro atoms. The standard InChI is InChI=1S/C20H21BrN2O4/c1-26-17-9-12(15(21)11-18(17)27-2)10-19(24)22-8-7-14-13-5-3-4-6-16(13)23-20(14)25/h3-6,9,11,14H,7-8,10H2,1-2H3,(H,22,24)(H,23,25)/t14-/m0/s1. The molecule has 2 aromatic carbocycles. The number of halogens is 1. The minimum absolute atomic E-state index is 0.0203. The smallest absolute Gasteiger partial charge is 0.232 e. The number of fused-ring (bicyclic) bond motifs is 1. The van der Waals surface area contributed by atoms with Crippen LogP contribution in [0.5, 0.6) is 11.5 Å². The predicted molar refractivity (Wildman–Crippen MR) is 106 cm³/mol. The number of hydrogen-bond acceptors (Lipinski definition) is 4. The fourth-order valence-corrected chi connectivity index (χ4v) is 3.65. The van der Waals surface area contributed by atoms with Gasteiger partial charge >= 0.3 is 0 Å². The number of amides is 2. The topological polar surface area (TPSA) is 76.7 Å². The Bertz CT molecular complexity index is 869. The first-order chi connectivity index (χ1) is 13.0. The maximum Gasteiger partial charge on any atom is 0.232 e. The molecule has 0 unspecified atom stereocenters. The first kappa shape index (κ1) is 19.2. The average molecular weight is 433 g/mol. The number of anilines is 1. The van der Waals surface area contributed by atoms with Crippen molar-refractivity contribution >= 4 is 33.4 Å². The molecule has 0 bridgehead atoms. The second-order valence-electron chi connectivity index (χ2n) is 6.24. The van der Waals surface area contributed by atoms with Crippen LogP contribution in [0.3, 0.4) is 0 Å². The number of benzene rings is 2. The minimum atomic E-state index is -0.227. The number of carbonyl (C=O) groups is 2. The van der Waals surface area contributed by atoms with Crippen LogP contribution >= 0.6 is 15.9 Å². The molecule has 1 atom stereocenters. The molecule has 0 aromatic heterocycles. The molecular weight excluding hydrogens is 412 g/mol. The number of rotatable bonds is 7. The van der Waals surface area contributed by atoms with Gasteiger partial charge in [0, 0.05) is 16.7 Å². The van der Waals surface area contributed by atoms with Crippen molar-refractivity contribution in [1.82, 2.24) is 5.32 Å². The van der Waals surface area contributed by atoms with Gasteiger partial charge in [-0.25, -0.2) is 0 Å². The molecule has 0 aliphatic carbocycles. The van der Waals surface area contributed by atoms with E-state index in [1.54, 1.807) is 26.4 Å². The lowest BCUT2D eigenvalue weighted by atomic mass is 9.97. The Morgan fingerprint density at radius 3 is 2.63 bits per heavy atom. The van der Waals surface area contributed by atoms with E-state index < -0.39 is 0 Å². The molecule has 2 N–H and O–H groups in total. The number of methoxy groups -OCH3 is 2. The second-order valence-corrected chi connectivity index (χ2v) is 7.10. The van der Waals surface area contributed by atoms with Crippen molar-refractivity contribution in [1.29, 1.82) is 0 Å². The highest BCUT2D eigenvalue weighted by Crippen LogP contribution is 2.34. The fourth-order valence-electron chi connectivity index (χ4n) is 3.19. The quantitative estimate of drug-likeness (QED) is 0.703. The predicted octanol–water partition coefficient (Wildman–Crippen LogP) is 3.25. The van der Waals surface area contributed by atoms with Crippen molar-refractivity contribution in [2.24, 2.45) is 0 Å². The number of para-hydroxylation sites is 1. The second kappa shape index (κ2) is 8.43. The molecule has 1 heterocycles. The van der Waals surface area contributed by atoms with E-state index >= 15 is 0 Å². The Labute approximate surface area is 166 Å². The highest BCUT2D eigenvalue weighted by molar-refractivity contribution is 9.10. The lowest BCUT2D eigenvalue weighted by molar-refractivity contribution is -0.121. The Morgan fingerprint density at radius 2 is 1.89 bits per heavy atom. The van der Waals surface area contributed by atoms with Gasteiger partial charge in [0.15, 0.2) is 11.5 Å². The molecule has 2 amide bonds. The number of nitrogens with one attached hydrogen (secondary N) is 2. The summed E-state index contributed by atoms with van der Waals surface area (Å²) in [7, 11) is 3.12. The van der Waals surface area contributed by atoms with Gasteiger partial charge in [-0.3, -0.25) is 9.59 Å². The number of hydrogen-bond donors (Lipinski definition) is 2. The van der Waals surface area contributed by atoms with Gasteiger partial charge in [0.2, 0.25) is 11.8 Å². The summed E-state index contributed by atoms with van der Waals surface area (Å²) in [5.74, 6) is 0.805. The van der Waals surface area contributed by atoms with Crippen molar-refractivity contribution in [3.63, 3.8) is 0 Å². The van der Waals surface area contributed by atoms with Gasteiger partial charge < -0.3 is 20.1 Å². The van der Waals surface area contributed by atoms with Crippen LogP contribution in [0.1, 0.15) is 23.5 Å². The van der Waals surface area contributed by atoms with E-state index in [1.807, 2.05) is 24.3 Å². The molecule has 0 fully saturated rings. The zero-order chi connectivity index (χ0) is 19.4. The van der Waals surface area contributed by atoms with E-state index in [0.717, 1.165) is 21.3 Å². The van der Waals surface area contributed by atoms with Gasteiger partial charge in [-0.1, -0.05) is 34.1 Å². The molecule has 0 saturated carbocycles. The van der Waals surface area contributed by atoms with Gasteiger partial charge in [0.25, 0.3) is 0 Å². The van der Waals surface area contributed by atoms with Crippen molar-refractivity contribution in [3.05, 3.63) is 52.0 Å². The van der Waals surface area contributed by atoms with Gasteiger partial charge in [-0.2, -0.15) is 0 Å². The Kier molecular flexibility index (Phi) is 6.01. The van der Waals surface area contributed by atoms with Crippen molar-refractivity contribution in [2.45, 2.75) is 18.8 Å². The highest BCUT2D eigenvalue weighted by Gasteiger charge is 2.29. The molecular formula is C20H21BrN2O4. The number of ether oxygens (including phenoxy) is 2. The van der Waals surface area contributed by atoms with Gasteiger partial charge in [-0.15, -0.1) is 0 Å². The Balaban J connectivity index is 1.57. The summed E-state index contributed by atoms with van der Waals surface area (Å²) in [5, 5.41) is 5.76. The van der Waals surface area contributed by atoms with Crippen molar-refractivity contribution in [3.8, 4) is 11.5 Å². The third-order valence-corrected chi connectivity index (χ3v) is 5.31. The normalized spacial score (nSPS) is 15.1. The number of carbonyl (C=O) groups excluding carboxylic acids is 2. The zero-order valence-corrected chi connectivity index (χ0v) is 16.8. The fraction of sp³-hybridized carbons (Fsp3) is 0.300. The van der Waals surface area contributed by atoms with Gasteiger partial charge in [-0.05, 0) is 35.7 Å². The van der Waals surface area contributed by atoms with Crippen LogP contribution in [0.25, 0.3) is 0 Å². The third-order valence-electron chi connectivity index (χ3n) is 4.57. The van der Waals surface area contributed by atoms with Gasteiger partial charge in [0.1, 0.15) is 0 Å². The molecule has 3 rings (SSSR count). The van der Waals surface area contributed by atoms with E-state index in [0.29, 0.717) is 24.5 Å². The lowest BCUT2D eigenvalue weighted by Crippen LogP contribution is -2.28. The molecule has 1 aliphatic heterocycles. The van der Waals surface area contributed by atoms with Gasteiger partial charge in [0.05, 0.1) is 26.6 Å². The zero-order valence-electron chi connectivity index (χ0n) is 15.2. The molecule has 0 saturated heterocycles. The monoisotopic (exact) mass is 432 g/mol. The van der Waals surface area contributed by atoms with Crippen molar-refractivity contribution in [2.75, 3.05) is 26.1 Å². The van der Waals surface area contributed by atoms with Crippen LogP contribution in [0, 0.1) is 0 Å². The first-order valence-corrected chi connectivity index (χ1v) is 9.39. The summed E-state index contributed by atoms with van der Waals surface area (Å²) < 4.78 is 11.3. The molecule has 0 radical (unpaired) electrons. The van der Waals surface area contributed by atoms with Crippen LogP contribution in [0.2, 0.25) is 0 Å². The van der Waals surface area contributed by atoms with E-state index in [1.165, 1.54) is 0 Å². The molecule has 1 aliphatic rings. The molecule has 6 nitrogen and oxygen atoms in total. The van der Waals surface area contributed by atoms with Crippen LogP contribution in [0.15, 0.2) is 40.9 Å². The highest BCUT2D eigenvalue weighted by atomic mass is 79.9. The summed E-state index contributed by atoms with van der Waals surface area (Å²) >= 11 is 3.46. The Morgan fingerprint density at radius 1 is 1.19 bits per heavy atom.